The Kier molecular flexibility index (Phi) is 3.54. The normalized spacial score (nSPS) is 13.3. The molecule has 0 fully saturated rings. The van der Waals surface area contributed by atoms with Gasteiger partial charge >= 0.3 is 0 Å². The van der Waals surface area contributed by atoms with Crippen molar-refractivity contribution in [2.45, 2.75) is 26.8 Å². The molecule has 0 bridgehead atoms. The minimum atomic E-state index is -0.550. The standard InChI is InChI=1S/C12H15BrN2/c1-8-4-5-9(13)6-10(8)11(15)12(2,3)7-14/h4-6,11H,15H2,1-3H3. The van der Waals surface area contributed by atoms with Crippen LogP contribution in [0.1, 0.15) is 31.0 Å². The summed E-state index contributed by atoms with van der Waals surface area (Å²) in [4.78, 5) is 0. The summed E-state index contributed by atoms with van der Waals surface area (Å²) >= 11 is 3.41. The van der Waals surface area contributed by atoms with Gasteiger partial charge in [-0.05, 0) is 44.0 Å². The van der Waals surface area contributed by atoms with Crippen molar-refractivity contribution in [3.63, 3.8) is 0 Å². The first-order chi connectivity index (χ1) is 6.88. The van der Waals surface area contributed by atoms with E-state index in [0.29, 0.717) is 0 Å². The minimum absolute atomic E-state index is 0.264. The van der Waals surface area contributed by atoms with Gasteiger partial charge in [0.05, 0.1) is 11.5 Å². The number of aryl methyl sites for hydroxylation is 1. The van der Waals surface area contributed by atoms with Crippen LogP contribution in [0.15, 0.2) is 22.7 Å². The van der Waals surface area contributed by atoms with Crippen molar-refractivity contribution in [1.29, 1.82) is 5.26 Å². The van der Waals surface area contributed by atoms with E-state index in [1.165, 1.54) is 0 Å². The van der Waals surface area contributed by atoms with E-state index in [9.17, 15) is 0 Å². The summed E-state index contributed by atoms with van der Waals surface area (Å²) in [6.45, 7) is 5.73. The molecule has 15 heavy (non-hydrogen) atoms. The van der Waals surface area contributed by atoms with Crippen molar-refractivity contribution < 1.29 is 0 Å². The first-order valence-corrected chi connectivity index (χ1v) is 5.60. The third kappa shape index (κ3) is 2.58. The minimum Gasteiger partial charge on any atom is -0.323 e. The van der Waals surface area contributed by atoms with E-state index in [-0.39, 0.29) is 6.04 Å². The Labute approximate surface area is 99.2 Å². The molecule has 2 N–H and O–H groups in total. The highest BCUT2D eigenvalue weighted by Crippen LogP contribution is 2.33. The molecule has 0 aliphatic carbocycles. The van der Waals surface area contributed by atoms with Crippen molar-refractivity contribution in [2.24, 2.45) is 11.1 Å². The molecule has 0 aliphatic rings. The number of nitrogens with zero attached hydrogens (tertiary/aromatic N) is 1. The third-order valence-corrected chi connectivity index (χ3v) is 3.14. The van der Waals surface area contributed by atoms with Crippen molar-refractivity contribution >= 4 is 15.9 Å². The lowest BCUT2D eigenvalue weighted by atomic mass is 9.81. The largest absolute Gasteiger partial charge is 0.323 e. The maximum atomic E-state index is 9.04. The van der Waals surface area contributed by atoms with E-state index in [1.54, 1.807) is 0 Å². The van der Waals surface area contributed by atoms with Crippen molar-refractivity contribution in [1.82, 2.24) is 0 Å². The van der Waals surface area contributed by atoms with Crippen LogP contribution in [0.25, 0.3) is 0 Å². The van der Waals surface area contributed by atoms with Crippen LogP contribution in [0.2, 0.25) is 0 Å². The van der Waals surface area contributed by atoms with E-state index < -0.39 is 5.41 Å². The van der Waals surface area contributed by atoms with Gasteiger partial charge < -0.3 is 5.73 Å². The fourth-order valence-electron chi connectivity index (χ4n) is 1.40. The zero-order chi connectivity index (χ0) is 11.6. The predicted molar refractivity (Wildman–Crippen MR) is 65.2 cm³/mol. The second-order valence-corrected chi connectivity index (χ2v) is 5.23. The number of hydrogen-bond acceptors (Lipinski definition) is 2. The van der Waals surface area contributed by atoms with E-state index in [4.69, 9.17) is 11.0 Å². The van der Waals surface area contributed by atoms with Gasteiger partial charge in [0.25, 0.3) is 0 Å². The van der Waals surface area contributed by atoms with Crippen LogP contribution < -0.4 is 5.73 Å². The Balaban J connectivity index is 3.17. The number of rotatable bonds is 2. The van der Waals surface area contributed by atoms with Crippen LogP contribution >= 0.6 is 15.9 Å². The summed E-state index contributed by atoms with van der Waals surface area (Å²) in [5, 5.41) is 9.04. The maximum absolute atomic E-state index is 9.04. The predicted octanol–water partition coefficient (Wildman–Crippen LogP) is 3.31. The lowest BCUT2D eigenvalue weighted by Crippen LogP contribution is -2.28. The molecule has 0 spiro atoms. The van der Waals surface area contributed by atoms with Gasteiger partial charge in [0.1, 0.15) is 0 Å². The topological polar surface area (TPSA) is 49.8 Å². The van der Waals surface area contributed by atoms with Gasteiger partial charge in [-0.15, -0.1) is 0 Å². The number of halogens is 1. The van der Waals surface area contributed by atoms with Crippen molar-refractivity contribution in [2.75, 3.05) is 0 Å². The van der Waals surface area contributed by atoms with E-state index in [2.05, 4.69) is 22.0 Å². The average molecular weight is 267 g/mol. The SMILES string of the molecule is Cc1ccc(Br)cc1C(N)C(C)(C)C#N. The number of nitrogens with two attached hydrogens (primary N) is 1. The summed E-state index contributed by atoms with van der Waals surface area (Å²) in [6.07, 6.45) is 0. The van der Waals surface area contributed by atoms with Gasteiger partial charge in [0.2, 0.25) is 0 Å². The van der Waals surface area contributed by atoms with Crippen LogP contribution in [0.5, 0.6) is 0 Å². The van der Waals surface area contributed by atoms with Crippen molar-refractivity contribution in [3.05, 3.63) is 33.8 Å². The van der Waals surface area contributed by atoms with E-state index in [1.807, 2.05) is 39.0 Å². The van der Waals surface area contributed by atoms with Gasteiger partial charge in [0.15, 0.2) is 0 Å². The highest BCUT2D eigenvalue weighted by Gasteiger charge is 2.28. The third-order valence-electron chi connectivity index (χ3n) is 2.64. The molecule has 3 heteroatoms. The second-order valence-electron chi connectivity index (χ2n) is 4.31. The van der Waals surface area contributed by atoms with Crippen molar-refractivity contribution in [3.8, 4) is 6.07 Å². The first-order valence-electron chi connectivity index (χ1n) is 4.81. The summed E-state index contributed by atoms with van der Waals surface area (Å²) in [7, 11) is 0. The highest BCUT2D eigenvalue weighted by atomic mass is 79.9. The molecular formula is C12H15BrN2. The molecule has 0 aromatic heterocycles. The molecule has 1 rings (SSSR count). The Morgan fingerprint density at radius 1 is 1.47 bits per heavy atom. The number of hydrogen-bond donors (Lipinski definition) is 1. The first kappa shape index (κ1) is 12.2. The second kappa shape index (κ2) is 4.34. The van der Waals surface area contributed by atoms with Gasteiger partial charge in [0, 0.05) is 10.5 Å². The molecule has 0 amide bonds. The van der Waals surface area contributed by atoms with Gasteiger partial charge in [-0.3, -0.25) is 0 Å². The molecule has 0 saturated heterocycles. The van der Waals surface area contributed by atoms with Crippen LogP contribution in [0, 0.1) is 23.7 Å². The smallest absolute Gasteiger partial charge is 0.0710 e. The molecule has 0 saturated carbocycles. The molecule has 0 radical (unpaired) electrons. The fraction of sp³-hybridized carbons (Fsp3) is 0.417. The number of nitriles is 1. The van der Waals surface area contributed by atoms with Crippen LogP contribution in [-0.4, -0.2) is 0 Å². The van der Waals surface area contributed by atoms with E-state index >= 15 is 0 Å². The molecule has 2 nitrogen and oxygen atoms in total. The quantitative estimate of drug-likeness (QED) is 0.893. The monoisotopic (exact) mass is 266 g/mol. The lowest BCUT2D eigenvalue weighted by molar-refractivity contribution is 0.392. The molecular weight excluding hydrogens is 252 g/mol. The van der Waals surface area contributed by atoms with Gasteiger partial charge in [-0.1, -0.05) is 22.0 Å². The molecule has 0 aliphatic heterocycles. The fourth-order valence-corrected chi connectivity index (χ4v) is 1.78. The van der Waals surface area contributed by atoms with E-state index in [0.717, 1.165) is 15.6 Å². The molecule has 0 heterocycles. The van der Waals surface area contributed by atoms with Crippen LogP contribution in [0.4, 0.5) is 0 Å². The Hall–Kier alpha value is -0.850. The summed E-state index contributed by atoms with van der Waals surface area (Å²) in [5.74, 6) is 0. The maximum Gasteiger partial charge on any atom is 0.0710 e. The Morgan fingerprint density at radius 3 is 2.60 bits per heavy atom. The van der Waals surface area contributed by atoms with Crippen LogP contribution in [0.3, 0.4) is 0 Å². The molecule has 1 atom stereocenters. The molecule has 1 aromatic rings. The number of benzene rings is 1. The highest BCUT2D eigenvalue weighted by molar-refractivity contribution is 9.10. The zero-order valence-corrected chi connectivity index (χ0v) is 10.8. The summed E-state index contributed by atoms with van der Waals surface area (Å²) in [6, 6.07) is 7.95. The molecule has 1 unspecified atom stereocenters. The molecule has 1 aromatic carbocycles. The summed E-state index contributed by atoms with van der Waals surface area (Å²) in [5.41, 5.74) is 7.70. The van der Waals surface area contributed by atoms with Gasteiger partial charge in [-0.2, -0.15) is 5.26 Å². The Morgan fingerprint density at radius 2 is 2.07 bits per heavy atom. The molecule has 80 valence electrons. The average Bonchev–Trinajstić information content (AvgIpc) is 2.20. The lowest BCUT2D eigenvalue weighted by Gasteiger charge is -2.26. The Bertz CT molecular complexity index is 405. The van der Waals surface area contributed by atoms with Gasteiger partial charge in [-0.25, -0.2) is 0 Å². The zero-order valence-electron chi connectivity index (χ0n) is 9.21. The van der Waals surface area contributed by atoms with Crippen LogP contribution in [-0.2, 0) is 0 Å². The summed E-state index contributed by atoms with van der Waals surface area (Å²) < 4.78 is 0.993.